The molecule has 142 valence electrons. The second-order valence-electron chi connectivity index (χ2n) is 8.88. The van der Waals surface area contributed by atoms with Crippen LogP contribution in [-0.2, 0) is 14.4 Å². The van der Waals surface area contributed by atoms with Crippen LogP contribution < -0.4 is 5.32 Å². The van der Waals surface area contributed by atoms with E-state index >= 15 is 0 Å². The summed E-state index contributed by atoms with van der Waals surface area (Å²) in [5.41, 5.74) is 0.0965. The third-order valence-corrected chi connectivity index (χ3v) is 5.55. The third kappa shape index (κ3) is 5.82. The lowest BCUT2D eigenvalue weighted by Gasteiger charge is -2.34. The number of amides is 2. The number of carbonyl (C=O) groups excluding carboxylic acids is 3. The highest BCUT2D eigenvalue weighted by Crippen LogP contribution is 2.29. The predicted octanol–water partition coefficient (Wildman–Crippen LogP) is 3.07. The average molecular weight is 351 g/mol. The van der Waals surface area contributed by atoms with E-state index in [1.165, 1.54) is 6.42 Å². The maximum absolute atomic E-state index is 13.1. The van der Waals surface area contributed by atoms with E-state index in [1.807, 2.05) is 0 Å². The predicted molar refractivity (Wildman–Crippen MR) is 98.0 cm³/mol. The van der Waals surface area contributed by atoms with Crippen LogP contribution in [0.15, 0.2) is 0 Å². The Bertz CT molecular complexity index is 478. The average Bonchev–Trinajstić information content (AvgIpc) is 3.06. The van der Waals surface area contributed by atoms with Crippen LogP contribution in [0.3, 0.4) is 0 Å². The minimum absolute atomic E-state index is 0.0410. The molecule has 1 aliphatic carbocycles. The molecular weight excluding hydrogens is 316 g/mol. The van der Waals surface area contributed by atoms with Gasteiger partial charge in [0.15, 0.2) is 0 Å². The van der Waals surface area contributed by atoms with Crippen LogP contribution >= 0.6 is 0 Å². The van der Waals surface area contributed by atoms with Crippen LogP contribution in [-0.4, -0.2) is 41.6 Å². The summed E-state index contributed by atoms with van der Waals surface area (Å²) in [5, 5.41) is 3.03. The fraction of sp³-hybridized carbons (Fsp3) is 0.850. The number of rotatable bonds is 6. The molecule has 0 aromatic rings. The number of nitrogens with zero attached hydrogens (tertiary/aromatic N) is 1. The zero-order chi connectivity index (χ0) is 18.4. The molecule has 1 saturated carbocycles. The van der Waals surface area contributed by atoms with Crippen LogP contribution in [0.2, 0.25) is 0 Å². The van der Waals surface area contributed by atoms with Gasteiger partial charge in [-0.05, 0) is 43.4 Å². The number of hydrogen-bond donors (Lipinski definition) is 1. The molecule has 1 saturated heterocycles. The maximum atomic E-state index is 13.1. The quantitative estimate of drug-likeness (QED) is 0.749. The van der Waals surface area contributed by atoms with E-state index in [-0.39, 0.29) is 29.2 Å². The van der Waals surface area contributed by atoms with E-state index in [0.717, 1.165) is 51.2 Å². The Labute approximate surface area is 151 Å². The van der Waals surface area contributed by atoms with Crippen molar-refractivity contribution in [2.24, 2.45) is 11.3 Å². The van der Waals surface area contributed by atoms with E-state index in [1.54, 1.807) is 4.90 Å². The Hall–Kier alpha value is -1.39. The van der Waals surface area contributed by atoms with Gasteiger partial charge in [-0.25, -0.2) is 0 Å². The third-order valence-electron chi connectivity index (χ3n) is 5.55. The molecule has 0 aromatic heterocycles. The molecule has 0 radical (unpaired) electrons. The van der Waals surface area contributed by atoms with Gasteiger partial charge in [0, 0.05) is 13.0 Å². The molecule has 2 atom stereocenters. The molecule has 0 bridgehead atoms. The summed E-state index contributed by atoms with van der Waals surface area (Å²) < 4.78 is 0. The maximum Gasteiger partial charge on any atom is 0.246 e. The first-order chi connectivity index (χ1) is 11.8. The molecule has 2 amide bonds. The van der Waals surface area contributed by atoms with Crippen molar-refractivity contribution in [1.82, 2.24) is 10.2 Å². The number of carbonyl (C=O) groups is 3. The van der Waals surface area contributed by atoms with Gasteiger partial charge in [0.05, 0.1) is 6.04 Å². The van der Waals surface area contributed by atoms with Gasteiger partial charge in [0.25, 0.3) is 0 Å². The highest BCUT2D eigenvalue weighted by Gasteiger charge is 2.38. The van der Waals surface area contributed by atoms with E-state index in [9.17, 15) is 14.4 Å². The Balaban J connectivity index is 2.05. The SMILES string of the molecule is CC(C)(C)CCC(=O)N[C@H](C(=O)N1CCC[C@H]1C=O)C1CCCCC1. The molecule has 1 N–H and O–H groups in total. The molecule has 1 heterocycles. The van der Waals surface area contributed by atoms with Crippen molar-refractivity contribution in [3.05, 3.63) is 0 Å². The Morgan fingerprint density at radius 1 is 1.12 bits per heavy atom. The first-order valence-electron chi connectivity index (χ1n) is 9.87. The molecule has 0 spiro atoms. The Morgan fingerprint density at radius 3 is 2.40 bits per heavy atom. The van der Waals surface area contributed by atoms with Gasteiger partial charge < -0.3 is 15.0 Å². The molecule has 5 heteroatoms. The van der Waals surface area contributed by atoms with E-state index in [4.69, 9.17) is 0 Å². The normalized spacial score (nSPS) is 23.3. The Kier molecular flexibility index (Phi) is 7.03. The molecule has 1 aliphatic heterocycles. The van der Waals surface area contributed by atoms with Crippen LogP contribution in [0, 0.1) is 11.3 Å². The standard InChI is InChI=1S/C20H34N2O3/c1-20(2,3)12-11-17(24)21-18(15-8-5-4-6-9-15)19(25)22-13-7-10-16(22)14-23/h14-16,18H,4-13H2,1-3H3,(H,21,24)/t16-,18-/m0/s1. The molecule has 0 aromatic carbocycles. The molecule has 2 rings (SSSR count). The number of hydrogen-bond acceptors (Lipinski definition) is 3. The van der Waals surface area contributed by atoms with Crippen molar-refractivity contribution < 1.29 is 14.4 Å². The van der Waals surface area contributed by atoms with E-state index < -0.39 is 6.04 Å². The van der Waals surface area contributed by atoms with Gasteiger partial charge in [-0.3, -0.25) is 9.59 Å². The smallest absolute Gasteiger partial charge is 0.246 e. The Morgan fingerprint density at radius 2 is 1.80 bits per heavy atom. The van der Waals surface area contributed by atoms with Crippen molar-refractivity contribution in [1.29, 1.82) is 0 Å². The van der Waals surface area contributed by atoms with Crippen LogP contribution in [0.25, 0.3) is 0 Å². The summed E-state index contributed by atoms with van der Waals surface area (Å²) in [7, 11) is 0. The number of aldehydes is 1. The molecule has 25 heavy (non-hydrogen) atoms. The second kappa shape index (κ2) is 8.81. The van der Waals surface area contributed by atoms with Crippen LogP contribution in [0.4, 0.5) is 0 Å². The van der Waals surface area contributed by atoms with Gasteiger partial charge in [-0.2, -0.15) is 0 Å². The van der Waals surface area contributed by atoms with Gasteiger partial charge in [-0.15, -0.1) is 0 Å². The minimum atomic E-state index is -0.465. The lowest BCUT2D eigenvalue weighted by Crippen LogP contribution is -2.54. The molecule has 2 fully saturated rings. The van der Waals surface area contributed by atoms with Crippen LogP contribution in [0.5, 0.6) is 0 Å². The lowest BCUT2D eigenvalue weighted by molar-refractivity contribution is -0.140. The van der Waals surface area contributed by atoms with Crippen molar-refractivity contribution in [3.8, 4) is 0 Å². The van der Waals surface area contributed by atoms with Crippen molar-refractivity contribution in [3.63, 3.8) is 0 Å². The summed E-state index contributed by atoms with van der Waals surface area (Å²) in [6.07, 6.45) is 9.12. The molecule has 0 unspecified atom stereocenters. The monoisotopic (exact) mass is 350 g/mol. The molecular formula is C20H34N2O3. The van der Waals surface area contributed by atoms with Crippen molar-refractivity contribution in [2.75, 3.05) is 6.54 Å². The first-order valence-corrected chi connectivity index (χ1v) is 9.87. The highest BCUT2D eigenvalue weighted by atomic mass is 16.2. The molecule has 5 nitrogen and oxygen atoms in total. The zero-order valence-corrected chi connectivity index (χ0v) is 16.1. The summed E-state index contributed by atoms with van der Waals surface area (Å²) in [4.78, 5) is 38.5. The van der Waals surface area contributed by atoms with Gasteiger partial charge >= 0.3 is 0 Å². The van der Waals surface area contributed by atoms with E-state index in [2.05, 4.69) is 26.1 Å². The molecule has 2 aliphatic rings. The summed E-state index contributed by atoms with van der Waals surface area (Å²) in [5.74, 6) is 0.110. The van der Waals surface area contributed by atoms with Crippen LogP contribution in [0.1, 0.15) is 78.6 Å². The fourth-order valence-corrected chi connectivity index (χ4v) is 3.97. The van der Waals surface area contributed by atoms with Gasteiger partial charge in [0.1, 0.15) is 12.3 Å². The minimum Gasteiger partial charge on any atom is -0.344 e. The highest BCUT2D eigenvalue weighted by molar-refractivity contribution is 5.89. The van der Waals surface area contributed by atoms with Gasteiger partial charge in [0.2, 0.25) is 11.8 Å². The fourth-order valence-electron chi connectivity index (χ4n) is 3.97. The van der Waals surface area contributed by atoms with Crippen molar-refractivity contribution >= 4 is 18.1 Å². The topological polar surface area (TPSA) is 66.5 Å². The summed E-state index contributed by atoms with van der Waals surface area (Å²) in [6, 6.07) is -0.779. The number of likely N-dealkylation sites (tertiary alicyclic amines) is 1. The first kappa shape index (κ1) is 19.9. The lowest BCUT2D eigenvalue weighted by atomic mass is 9.83. The summed E-state index contributed by atoms with van der Waals surface area (Å²) >= 11 is 0. The largest absolute Gasteiger partial charge is 0.344 e. The van der Waals surface area contributed by atoms with E-state index in [0.29, 0.717) is 13.0 Å². The zero-order valence-electron chi connectivity index (χ0n) is 16.1. The van der Waals surface area contributed by atoms with Crippen molar-refractivity contribution in [2.45, 2.75) is 90.6 Å². The summed E-state index contributed by atoms with van der Waals surface area (Å²) in [6.45, 7) is 6.97. The van der Waals surface area contributed by atoms with Gasteiger partial charge in [-0.1, -0.05) is 40.0 Å². The number of nitrogens with one attached hydrogen (secondary N) is 1. The second-order valence-corrected chi connectivity index (χ2v) is 8.88.